The average molecular weight is 175 g/mol. The van der Waals surface area contributed by atoms with Crippen LogP contribution in [0.15, 0.2) is 42.0 Å². The van der Waals surface area contributed by atoms with Crippen LogP contribution >= 0.6 is 0 Å². The first kappa shape index (κ1) is 9.12. The highest BCUT2D eigenvalue weighted by atomic mass is 16.1. The van der Waals surface area contributed by atoms with Crippen LogP contribution in [0.25, 0.3) is 0 Å². The molecule has 0 radical (unpaired) electrons. The number of rotatable bonds is 3. The Balaban J connectivity index is 2.93. The highest BCUT2D eigenvalue weighted by molar-refractivity contribution is 6.00. The van der Waals surface area contributed by atoms with Gasteiger partial charge in [0.05, 0.1) is 5.69 Å². The molecule has 0 unspecified atom stereocenters. The number of nitrogens with one attached hydrogen (secondary N) is 2. The minimum atomic E-state index is -0.309. The topological polar surface area (TPSA) is 65.3 Å². The molecular formula is C9H9N3O. The summed E-state index contributed by atoms with van der Waals surface area (Å²) in [5, 5.41) is 5.80. The zero-order valence-electron chi connectivity index (χ0n) is 6.95. The van der Waals surface area contributed by atoms with Crippen LogP contribution in [0.2, 0.25) is 0 Å². The maximum atomic E-state index is 10.9. The average Bonchev–Trinajstić information content (AvgIpc) is 2.18. The van der Waals surface area contributed by atoms with Crippen molar-refractivity contribution < 1.29 is 4.79 Å². The van der Waals surface area contributed by atoms with Gasteiger partial charge in [0.2, 0.25) is 5.91 Å². The molecule has 0 aliphatic rings. The largest absolute Gasteiger partial charge is 0.321 e. The van der Waals surface area contributed by atoms with Gasteiger partial charge in [0.1, 0.15) is 5.69 Å². The second kappa shape index (κ2) is 4.15. The Morgan fingerprint density at radius 3 is 2.85 bits per heavy atom. The molecule has 0 atom stereocenters. The van der Waals surface area contributed by atoms with Gasteiger partial charge in [-0.3, -0.25) is 4.79 Å². The third kappa shape index (κ3) is 2.23. The molecule has 4 nitrogen and oxygen atoms in total. The Hall–Kier alpha value is -1.97. The lowest BCUT2D eigenvalue weighted by Crippen LogP contribution is -2.06. The van der Waals surface area contributed by atoms with E-state index in [-0.39, 0.29) is 5.91 Å². The van der Waals surface area contributed by atoms with Crippen LogP contribution in [0.3, 0.4) is 0 Å². The van der Waals surface area contributed by atoms with Crippen molar-refractivity contribution in [1.29, 1.82) is 5.53 Å². The fourth-order valence-corrected chi connectivity index (χ4v) is 0.861. The van der Waals surface area contributed by atoms with E-state index in [9.17, 15) is 4.79 Å². The van der Waals surface area contributed by atoms with Crippen LogP contribution < -0.4 is 5.32 Å². The smallest absolute Gasteiger partial charge is 0.247 e. The standard InChI is InChI=1S/C9H9N3O/c1-2-9(13)11-7-5-3-4-6-8(7)12-10/h2-6,10H,1H2,(H,11,13). The molecule has 0 aromatic heterocycles. The molecule has 0 saturated carbocycles. The minimum absolute atomic E-state index is 0.309. The van der Waals surface area contributed by atoms with Crippen LogP contribution in [0.5, 0.6) is 0 Å². The van der Waals surface area contributed by atoms with Crippen LogP contribution in [-0.4, -0.2) is 5.91 Å². The van der Waals surface area contributed by atoms with E-state index in [2.05, 4.69) is 17.0 Å². The first-order valence-electron chi connectivity index (χ1n) is 3.68. The maximum Gasteiger partial charge on any atom is 0.247 e. The summed E-state index contributed by atoms with van der Waals surface area (Å²) in [6.45, 7) is 3.32. The maximum absolute atomic E-state index is 10.9. The summed E-state index contributed by atoms with van der Waals surface area (Å²) in [6.07, 6.45) is 1.17. The Labute approximate surface area is 75.8 Å². The lowest BCUT2D eigenvalue weighted by atomic mass is 10.2. The molecule has 4 heteroatoms. The van der Waals surface area contributed by atoms with Crippen molar-refractivity contribution in [2.45, 2.75) is 0 Å². The van der Waals surface area contributed by atoms with Gasteiger partial charge < -0.3 is 5.32 Å². The summed E-state index contributed by atoms with van der Waals surface area (Å²) in [5.74, 6) is -0.309. The van der Waals surface area contributed by atoms with Gasteiger partial charge in [0, 0.05) is 0 Å². The Morgan fingerprint density at radius 1 is 1.54 bits per heavy atom. The van der Waals surface area contributed by atoms with E-state index in [1.54, 1.807) is 24.3 Å². The number of amides is 1. The van der Waals surface area contributed by atoms with Crippen molar-refractivity contribution in [1.82, 2.24) is 0 Å². The highest BCUT2D eigenvalue weighted by Crippen LogP contribution is 2.23. The van der Waals surface area contributed by atoms with Gasteiger partial charge in [0.15, 0.2) is 0 Å². The molecule has 1 rings (SSSR count). The summed E-state index contributed by atoms with van der Waals surface area (Å²) in [7, 11) is 0. The van der Waals surface area contributed by atoms with E-state index in [4.69, 9.17) is 5.53 Å². The van der Waals surface area contributed by atoms with Crippen molar-refractivity contribution in [3.05, 3.63) is 36.9 Å². The molecule has 66 valence electrons. The normalized spacial score (nSPS) is 8.92. The predicted octanol–water partition coefficient (Wildman–Crippen LogP) is 2.47. The molecule has 0 aliphatic heterocycles. The third-order valence-electron chi connectivity index (χ3n) is 1.47. The van der Waals surface area contributed by atoms with Crippen LogP contribution in [0, 0.1) is 5.53 Å². The summed E-state index contributed by atoms with van der Waals surface area (Å²) in [6, 6.07) is 6.82. The fourth-order valence-electron chi connectivity index (χ4n) is 0.861. The second-order valence-corrected chi connectivity index (χ2v) is 2.32. The van der Waals surface area contributed by atoms with E-state index in [0.29, 0.717) is 11.4 Å². The lowest BCUT2D eigenvalue weighted by molar-refractivity contribution is -0.111. The SMILES string of the molecule is C=CC(=O)Nc1ccccc1N=N. The molecule has 0 saturated heterocycles. The highest BCUT2D eigenvalue weighted by Gasteiger charge is 2.01. The summed E-state index contributed by atoms with van der Waals surface area (Å²) < 4.78 is 0. The second-order valence-electron chi connectivity index (χ2n) is 2.32. The molecule has 1 aromatic carbocycles. The van der Waals surface area contributed by atoms with E-state index in [1.807, 2.05) is 0 Å². The van der Waals surface area contributed by atoms with Crippen molar-refractivity contribution in [3.63, 3.8) is 0 Å². The van der Waals surface area contributed by atoms with Crippen LogP contribution in [0.4, 0.5) is 11.4 Å². The number of benzene rings is 1. The fraction of sp³-hybridized carbons (Fsp3) is 0. The number of carbonyl (C=O) groups excluding carboxylic acids is 1. The van der Waals surface area contributed by atoms with E-state index in [0.717, 1.165) is 0 Å². The van der Waals surface area contributed by atoms with Gasteiger partial charge in [-0.1, -0.05) is 18.7 Å². The Bertz CT molecular complexity index is 346. The number of para-hydroxylation sites is 2. The zero-order chi connectivity index (χ0) is 9.68. The number of hydrogen-bond donors (Lipinski definition) is 2. The molecule has 13 heavy (non-hydrogen) atoms. The molecular weight excluding hydrogens is 166 g/mol. The molecule has 1 aromatic rings. The number of nitrogens with zero attached hydrogens (tertiary/aromatic N) is 1. The van der Waals surface area contributed by atoms with E-state index >= 15 is 0 Å². The van der Waals surface area contributed by atoms with Gasteiger partial charge in [-0.2, -0.15) is 5.11 Å². The molecule has 0 bridgehead atoms. The van der Waals surface area contributed by atoms with E-state index in [1.165, 1.54) is 6.08 Å². The molecule has 0 spiro atoms. The summed E-state index contributed by atoms with van der Waals surface area (Å²) >= 11 is 0. The Kier molecular flexibility index (Phi) is 2.92. The quantitative estimate of drug-likeness (QED) is 0.537. The van der Waals surface area contributed by atoms with Crippen molar-refractivity contribution in [2.24, 2.45) is 5.11 Å². The van der Waals surface area contributed by atoms with Gasteiger partial charge in [-0.25, -0.2) is 5.53 Å². The van der Waals surface area contributed by atoms with Gasteiger partial charge >= 0.3 is 0 Å². The van der Waals surface area contributed by atoms with Crippen molar-refractivity contribution in [3.8, 4) is 0 Å². The molecule has 2 N–H and O–H groups in total. The summed E-state index contributed by atoms with van der Waals surface area (Å²) in [5.41, 5.74) is 7.78. The van der Waals surface area contributed by atoms with Crippen molar-refractivity contribution in [2.75, 3.05) is 5.32 Å². The molecule has 0 heterocycles. The van der Waals surface area contributed by atoms with Crippen molar-refractivity contribution >= 4 is 17.3 Å². The number of anilines is 1. The van der Waals surface area contributed by atoms with E-state index < -0.39 is 0 Å². The number of hydrogen-bond acceptors (Lipinski definition) is 3. The number of carbonyl (C=O) groups is 1. The molecule has 0 fully saturated rings. The third-order valence-corrected chi connectivity index (χ3v) is 1.47. The zero-order valence-corrected chi connectivity index (χ0v) is 6.95. The van der Waals surface area contributed by atoms with Gasteiger partial charge in [-0.15, -0.1) is 0 Å². The summed E-state index contributed by atoms with van der Waals surface area (Å²) in [4.78, 5) is 10.9. The predicted molar refractivity (Wildman–Crippen MR) is 50.1 cm³/mol. The monoisotopic (exact) mass is 175 g/mol. The molecule has 1 amide bonds. The van der Waals surface area contributed by atoms with Crippen LogP contribution in [0.1, 0.15) is 0 Å². The minimum Gasteiger partial charge on any atom is -0.321 e. The van der Waals surface area contributed by atoms with Gasteiger partial charge in [-0.05, 0) is 18.2 Å². The molecule has 0 aliphatic carbocycles. The Morgan fingerprint density at radius 2 is 2.23 bits per heavy atom. The van der Waals surface area contributed by atoms with Gasteiger partial charge in [0.25, 0.3) is 0 Å². The van der Waals surface area contributed by atoms with Crippen LogP contribution in [-0.2, 0) is 4.79 Å². The lowest BCUT2D eigenvalue weighted by Gasteiger charge is -2.03. The first-order chi connectivity index (χ1) is 6.27. The first-order valence-corrected chi connectivity index (χ1v) is 3.68.